The van der Waals surface area contributed by atoms with E-state index in [0.717, 1.165) is 0 Å². The van der Waals surface area contributed by atoms with E-state index in [1.54, 1.807) is 6.20 Å². The van der Waals surface area contributed by atoms with E-state index in [9.17, 15) is 9.59 Å². The van der Waals surface area contributed by atoms with Gasteiger partial charge in [-0.15, -0.1) is 0 Å². The number of aromatic nitrogens is 2. The van der Waals surface area contributed by atoms with E-state index in [1.807, 2.05) is 0 Å². The lowest BCUT2D eigenvalue weighted by Gasteiger charge is -2.08. The maximum atomic E-state index is 11.3. The smallest absolute Gasteiger partial charge is 0.303 e. The molecule has 1 aromatic rings. The Labute approximate surface area is 85.7 Å². The van der Waals surface area contributed by atoms with Gasteiger partial charge in [0.1, 0.15) is 0 Å². The van der Waals surface area contributed by atoms with Crippen molar-refractivity contribution in [2.75, 3.05) is 5.32 Å². The van der Waals surface area contributed by atoms with Gasteiger partial charge in [-0.05, 0) is 6.42 Å². The highest BCUT2D eigenvalue weighted by Gasteiger charge is 2.15. The Morgan fingerprint density at radius 3 is 2.93 bits per heavy atom. The van der Waals surface area contributed by atoms with E-state index in [0.29, 0.717) is 5.95 Å². The summed E-state index contributed by atoms with van der Waals surface area (Å²) in [5, 5.41) is 10.8. The summed E-state index contributed by atoms with van der Waals surface area (Å²) in [5.41, 5.74) is 5.47. The maximum Gasteiger partial charge on any atom is 0.303 e. The van der Waals surface area contributed by atoms with Crippen LogP contribution in [0.4, 0.5) is 5.95 Å². The first-order valence-electron chi connectivity index (χ1n) is 4.37. The van der Waals surface area contributed by atoms with Crippen LogP contribution in [0.2, 0.25) is 0 Å². The number of nitrogens with zero attached hydrogens (tertiary/aromatic N) is 1. The van der Waals surface area contributed by atoms with Crippen molar-refractivity contribution in [3.63, 3.8) is 0 Å². The minimum atomic E-state index is -0.976. The van der Waals surface area contributed by atoms with Crippen LogP contribution < -0.4 is 11.1 Å². The standard InChI is InChI=1S/C8H12N4O3/c9-5(1-2-6(13)14)7(15)12-8-10-3-4-11-8/h3-5H,1-2,9H2,(H,13,14)(H2,10,11,12,15). The summed E-state index contributed by atoms with van der Waals surface area (Å²) in [5.74, 6) is -1.13. The van der Waals surface area contributed by atoms with E-state index < -0.39 is 17.9 Å². The predicted octanol–water partition coefficient (Wildman–Crippen LogP) is -0.460. The number of anilines is 1. The van der Waals surface area contributed by atoms with Crippen LogP contribution in [0.15, 0.2) is 12.4 Å². The molecule has 5 N–H and O–H groups in total. The normalized spacial score (nSPS) is 12.1. The molecule has 0 saturated heterocycles. The third-order valence-electron chi connectivity index (χ3n) is 1.75. The number of nitrogens with one attached hydrogen (secondary N) is 2. The van der Waals surface area contributed by atoms with Gasteiger partial charge in [0.25, 0.3) is 0 Å². The zero-order chi connectivity index (χ0) is 11.3. The molecule has 1 rings (SSSR count). The maximum absolute atomic E-state index is 11.3. The van der Waals surface area contributed by atoms with Crippen LogP contribution in [0, 0.1) is 0 Å². The monoisotopic (exact) mass is 212 g/mol. The van der Waals surface area contributed by atoms with Gasteiger partial charge in [-0.2, -0.15) is 0 Å². The van der Waals surface area contributed by atoms with Crippen LogP contribution in [0.5, 0.6) is 0 Å². The number of imidazole rings is 1. The summed E-state index contributed by atoms with van der Waals surface area (Å²) < 4.78 is 0. The van der Waals surface area contributed by atoms with Gasteiger partial charge in [-0.3, -0.25) is 14.9 Å². The lowest BCUT2D eigenvalue weighted by Crippen LogP contribution is -2.36. The van der Waals surface area contributed by atoms with E-state index in [4.69, 9.17) is 10.8 Å². The van der Waals surface area contributed by atoms with Gasteiger partial charge in [0.2, 0.25) is 11.9 Å². The molecule has 0 saturated carbocycles. The number of hydrogen-bond acceptors (Lipinski definition) is 4. The number of carboxylic acid groups (broad SMARTS) is 1. The van der Waals surface area contributed by atoms with Crippen LogP contribution in [0.3, 0.4) is 0 Å². The number of aliphatic carboxylic acids is 1. The highest BCUT2D eigenvalue weighted by atomic mass is 16.4. The summed E-state index contributed by atoms with van der Waals surface area (Å²) in [7, 11) is 0. The first kappa shape index (κ1) is 11.2. The second-order valence-electron chi connectivity index (χ2n) is 2.97. The topological polar surface area (TPSA) is 121 Å². The van der Waals surface area contributed by atoms with E-state index in [1.165, 1.54) is 6.20 Å². The molecule has 1 amide bonds. The molecule has 15 heavy (non-hydrogen) atoms. The summed E-state index contributed by atoms with van der Waals surface area (Å²) in [6.07, 6.45) is 3.01. The number of amides is 1. The molecule has 0 aromatic carbocycles. The zero-order valence-corrected chi connectivity index (χ0v) is 7.93. The third-order valence-corrected chi connectivity index (χ3v) is 1.75. The molecule has 0 radical (unpaired) electrons. The molecular formula is C8H12N4O3. The lowest BCUT2D eigenvalue weighted by atomic mass is 10.1. The molecule has 0 spiro atoms. The molecule has 7 nitrogen and oxygen atoms in total. The van der Waals surface area contributed by atoms with Crippen LogP contribution in [-0.2, 0) is 9.59 Å². The first-order chi connectivity index (χ1) is 7.09. The fourth-order valence-electron chi connectivity index (χ4n) is 0.953. The van der Waals surface area contributed by atoms with Crippen LogP contribution in [-0.4, -0.2) is 33.0 Å². The Balaban J connectivity index is 2.36. The molecule has 0 aliphatic rings. The fraction of sp³-hybridized carbons (Fsp3) is 0.375. The Kier molecular flexibility index (Phi) is 3.81. The molecule has 0 fully saturated rings. The van der Waals surface area contributed by atoms with Crippen molar-refractivity contribution < 1.29 is 14.7 Å². The molecule has 1 atom stereocenters. The van der Waals surface area contributed by atoms with Crippen molar-refractivity contribution in [2.45, 2.75) is 18.9 Å². The first-order valence-corrected chi connectivity index (χ1v) is 4.37. The summed E-state index contributed by atoms with van der Waals surface area (Å²) in [4.78, 5) is 28.0. The van der Waals surface area contributed by atoms with Crippen molar-refractivity contribution in [3.05, 3.63) is 12.4 Å². The van der Waals surface area contributed by atoms with Crippen LogP contribution in [0.1, 0.15) is 12.8 Å². The average molecular weight is 212 g/mol. The van der Waals surface area contributed by atoms with Crippen molar-refractivity contribution in [1.29, 1.82) is 0 Å². The Morgan fingerprint density at radius 2 is 2.40 bits per heavy atom. The largest absolute Gasteiger partial charge is 0.481 e. The minimum Gasteiger partial charge on any atom is -0.481 e. The summed E-state index contributed by atoms with van der Waals surface area (Å²) >= 11 is 0. The Morgan fingerprint density at radius 1 is 1.67 bits per heavy atom. The van der Waals surface area contributed by atoms with E-state index >= 15 is 0 Å². The van der Waals surface area contributed by atoms with Gasteiger partial charge in [0, 0.05) is 18.8 Å². The number of hydrogen-bond donors (Lipinski definition) is 4. The van der Waals surface area contributed by atoms with Crippen LogP contribution in [0.25, 0.3) is 0 Å². The molecule has 82 valence electrons. The number of aromatic amines is 1. The minimum absolute atomic E-state index is 0.0991. The van der Waals surface area contributed by atoms with E-state index in [2.05, 4.69) is 15.3 Å². The molecule has 7 heteroatoms. The van der Waals surface area contributed by atoms with Crippen LogP contribution >= 0.6 is 0 Å². The molecule has 0 aliphatic carbocycles. The van der Waals surface area contributed by atoms with Gasteiger partial charge >= 0.3 is 5.97 Å². The number of rotatable bonds is 5. The van der Waals surface area contributed by atoms with E-state index in [-0.39, 0.29) is 12.8 Å². The quantitative estimate of drug-likeness (QED) is 0.526. The molecule has 0 bridgehead atoms. The fourth-order valence-corrected chi connectivity index (χ4v) is 0.953. The lowest BCUT2D eigenvalue weighted by molar-refractivity contribution is -0.137. The zero-order valence-electron chi connectivity index (χ0n) is 7.93. The van der Waals surface area contributed by atoms with Crippen molar-refractivity contribution in [1.82, 2.24) is 9.97 Å². The van der Waals surface area contributed by atoms with Crippen molar-refractivity contribution >= 4 is 17.8 Å². The third kappa shape index (κ3) is 3.77. The number of carboxylic acids is 1. The van der Waals surface area contributed by atoms with Gasteiger partial charge in [0.15, 0.2) is 0 Å². The van der Waals surface area contributed by atoms with Gasteiger partial charge in [-0.25, -0.2) is 4.98 Å². The molecular weight excluding hydrogens is 200 g/mol. The van der Waals surface area contributed by atoms with Crippen molar-refractivity contribution in [3.8, 4) is 0 Å². The summed E-state index contributed by atoms with van der Waals surface area (Å²) in [6, 6.07) is -0.841. The molecule has 1 unspecified atom stereocenters. The second-order valence-corrected chi connectivity index (χ2v) is 2.97. The van der Waals surface area contributed by atoms with Gasteiger partial charge < -0.3 is 15.8 Å². The Bertz CT molecular complexity index is 336. The van der Waals surface area contributed by atoms with Gasteiger partial charge in [-0.1, -0.05) is 0 Å². The highest BCUT2D eigenvalue weighted by molar-refractivity contribution is 5.93. The average Bonchev–Trinajstić information content (AvgIpc) is 2.66. The molecule has 0 aliphatic heterocycles. The number of carbonyl (C=O) groups is 2. The summed E-state index contributed by atoms with van der Waals surface area (Å²) in [6.45, 7) is 0. The second kappa shape index (κ2) is 5.11. The highest BCUT2D eigenvalue weighted by Crippen LogP contribution is 2.00. The Hall–Kier alpha value is -1.89. The van der Waals surface area contributed by atoms with Gasteiger partial charge in [0.05, 0.1) is 6.04 Å². The predicted molar refractivity (Wildman–Crippen MR) is 52.1 cm³/mol. The molecule has 1 heterocycles. The number of nitrogens with two attached hydrogens (primary N) is 1. The number of carbonyl (C=O) groups excluding carboxylic acids is 1. The SMILES string of the molecule is NC(CCC(=O)O)C(=O)Nc1ncc[nH]1. The molecule has 1 aromatic heterocycles. The number of H-pyrrole nitrogens is 1. The van der Waals surface area contributed by atoms with Crippen molar-refractivity contribution in [2.24, 2.45) is 5.73 Å².